The molecule has 1 aromatic heterocycles. The van der Waals surface area contributed by atoms with Crippen molar-refractivity contribution in [2.45, 2.75) is 64.6 Å². The highest BCUT2D eigenvalue weighted by molar-refractivity contribution is 5.66. The van der Waals surface area contributed by atoms with E-state index >= 15 is 0 Å². The third kappa shape index (κ3) is 4.07. The van der Waals surface area contributed by atoms with Gasteiger partial charge in [-0.1, -0.05) is 6.42 Å². The zero-order chi connectivity index (χ0) is 14.5. The minimum atomic E-state index is -0.692. The van der Waals surface area contributed by atoms with Crippen molar-refractivity contribution < 1.29 is 9.90 Å². The second-order valence-electron chi connectivity index (χ2n) is 5.97. The van der Waals surface area contributed by atoms with Gasteiger partial charge < -0.3 is 5.11 Å². The van der Waals surface area contributed by atoms with E-state index in [1.807, 2.05) is 10.9 Å². The third-order valence-corrected chi connectivity index (χ3v) is 4.01. The summed E-state index contributed by atoms with van der Waals surface area (Å²) in [6.45, 7) is 6.19. The number of aliphatic carboxylic acids is 1. The van der Waals surface area contributed by atoms with Crippen LogP contribution < -0.4 is 0 Å². The summed E-state index contributed by atoms with van der Waals surface area (Å²) < 4.78 is 1.98. The maximum absolute atomic E-state index is 10.8. The number of carbonyl (C=O) groups is 1. The lowest BCUT2D eigenvalue weighted by Crippen LogP contribution is -2.39. The Kier molecular flexibility index (Phi) is 5.17. The van der Waals surface area contributed by atoms with Crippen molar-refractivity contribution in [1.82, 2.24) is 14.7 Å². The first kappa shape index (κ1) is 15.0. The second kappa shape index (κ2) is 6.88. The van der Waals surface area contributed by atoms with Gasteiger partial charge in [0.1, 0.15) is 0 Å². The molecule has 0 spiro atoms. The molecule has 0 amide bonds. The molecule has 1 fully saturated rings. The number of piperidine rings is 1. The van der Waals surface area contributed by atoms with E-state index in [2.05, 4.69) is 30.0 Å². The standard InChI is InChI=1S/C15H25N3O2/c1-12(2)18-11-13(9-16-18)10-17-8-4-3-5-14(17)6-7-15(19)20/h9,11-12,14H,3-8,10H2,1-2H3,(H,19,20). The van der Waals surface area contributed by atoms with Crippen molar-refractivity contribution in [3.63, 3.8) is 0 Å². The lowest BCUT2D eigenvalue weighted by atomic mass is 9.97. The molecule has 2 heterocycles. The smallest absolute Gasteiger partial charge is 0.303 e. The highest BCUT2D eigenvalue weighted by Crippen LogP contribution is 2.23. The van der Waals surface area contributed by atoms with Crippen molar-refractivity contribution in [1.29, 1.82) is 0 Å². The van der Waals surface area contributed by atoms with Crippen LogP contribution in [0, 0.1) is 0 Å². The number of hydrogen-bond acceptors (Lipinski definition) is 3. The Labute approximate surface area is 120 Å². The lowest BCUT2D eigenvalue weighted by molar-refractivity contribution is -0.137. The highest BCUT2D eigenvalue weighted by Gasteiger charge is 2.23. The van der Waals surface area contributed by atoms with Gasteiger partial charge in [0.2, 0.25) is 0 Å². The first-order valence-electron chi connectivity index (χ1n) is 7.55. The molecule has 1 atom stereocenters. The topological polar surface area (TPSA) is 58.4 Å². The molecular formula is C15H25N3O2. The molecule has 1 N–H and O–H groups in total. The lowest BCUT2D eigenvalue weighted by Gasteiger charge is -2.35. The van der Waals surface area contributed by atoms with Crippen LogP contribution in [0.4, 0.5) is 0 Å². The molecule has 112 valence electrons. The van der Waals surface area contributed by atoms with Crippen LogP contribution >= 0.6 is 0 Å². The van der Waals surface area contributed by atoms with Gasteiger partial charge in [-0.05, 0) is 39.7 Å². The number of aromatic nitrogens is 2. The number of carboxylic acids is 1. The molecule has 0 radical (unpaired) electrons. The molecule has 0 aromatic carbocycles. The van der Waals surface area contributed by atoms with Crippen molar-refractivity contribution in [2.75, 3.05) is 6.54 Å². The first-order valence-corrected chi connectivity index (χ1v) is 7.55. The minimum Gasteiger partial charge on any atom is -0.481 e. The van der Waals surface area contributed by atoms with E-state index < -0.39 is 5.97 Å². The van der Waals surface area contributed by atoms with Gasteiger partial charge in [0.05, 0.1) is 6.20 Å². The van der Waals surface area contributed by atoms with E-state index in [1.54, 1.807) is 0 Å². The van der Waals surface area contributed by atoms with Crippen LogP contribution in [0.1, 0.15) is 57.6 Å². The molecule has 0 aliphatic carbocycles. The van der Waals surface area contributed by atoms with Crippen LogP contribution in [-0.4, -0.2) is 38.3 Å². The zero-order valence-corrected chi connectivity index (χ0v) is 12.5. The van der Waals surface area contributed by atoms with Gasteiger partial charge >= 0.3 is 5.97 Å². The maximum Gasteiger partial charge on any atom is 0.303 e. The molecule has 1 saturated heterocycles. The predicted molar refractivity (Wildman–Crippen MR) is 77.5 cm³/mol. The fourth-order valence-electron chi connectivity index (χ4n) is 2.86. The van der Waals surface area contributed by atoms with E-state index in [4.69, 9.17) is 5.11 Å². The van der Waals surface area contributed by atoms with Crippen molar-refractivity contribution in [2.24, 2.45) is 0 Å². The van der Waals surface area contributed by atoms with Gasteiger partial charge in [-0.3, -0.25) is 14.4 Å². The van der Waals surface area contributed by atoms with Crippen molar-refractivity contribution in [3.05, 3.63) is 18.0 Å². The van der Waals surface area contributed by atoms with E-state index in [-0.39, 0.29) is 6.42 Å². The van der Waals surface area contributed by atoms with Gasteiger partial charge in [-0.25, -0.2) is 0 Å². The number of carboxylic acid groups (broad SMARTS) is 1. The Morgan fingerprint density at radius 3 is 2.95 bits per heavy atom. The zero-order valence-electron chi connectivity index (χ0n) is 12.5. The Hall–Kier alpha value is -1.36. The van der Waals surface area contributed by atoms with Gasteiger partial charge in [0, 0.05) is 36.8 Å². The Bertz CT molecular complexity index is 442. The van der Waals surface area contributed by atoms with Crippen LogP contribution in [0.3, 0.4) is 0 Å². The average Bonchev–Trinajstić information content (AvgIpc) is 2.86. The Morgan fingerprint density at radius 1 is 1.50 bits per heavy atom. The number of rotatable bonds is 6. The van der Waals surface area contributed by atoms with Crippen LogP contribution in [0.15, 0.2) is 12.4 Å². The van der Waals surface area contributed by atoms with Gasteiger partial charge in [0.15, 0.2) is 0 Å². The molecule has 1 aliphatic heterocycles. The molecule has 2 rings (SSSR count). The Morgan fingerprint density at radius 2 is 2.30 bits per heavy atom. The normalized spacial score (nSPS) is 20.4. The quantitative estimate of drug-likeness (QED) is 0.869. The van der Waals surface area contributed by atoms with Gasteiger partial charge in [-0.2, -0.15) is 5.10 Å². The molecule has 1 unspecified atom stereocenters. The molecule has 1 aromatic rings. The highest BCUT2D eigenvalue weighted by atomic mass is 16.4. The molecule has 1 aliphatic rings. The van der Waals surface area contributed by atoms with Crippen LogP contribution in [-0.2, 0) is 11.3 Å². The average molecular weight is 279 g/mol. The maximum atomic E-state index is 10.8. The number of nitrogens with zero attached hydrogens (tertiary/aromatic N) is 3. The minimum absolute atomic E-state index is 0.270. The first-order chi connectivity index (χ1) is 9.56. The summed E-state index contributed by atoms with van der Waals surface area (Å²) in [6.07, 6.45) is 8.61. The molecule has 0 saturated carbocycles. The summed E-state index contributed by atoms with van der Waals surface area (Å²) in [5.41, 5.74) is 1.22. The fraction of sp³-hybridized carbons (Fsp3) is 0.733. The molecular weight excluding hydrogens is 254 g/mol. The van der Waals surface area contributed by atoms with Gasteiger partial charge in [0.25, 0.3) is 0 Å². The predicted octanol–water partition coefficient (Wildman–Crippen LogP) is 2.68. The van der Waals surface area contributed by atoms with Crippen molar-refractivity contribution >= 4 is 5.97 Å². The summed E-state index contributed by atoms with van der Waals surface area (Å²) in [6, 6.07) is 0.787. The summed E-state index contributed by atoms with van der Waals surface area (Å²) >= 11 is 0. The third-order valence-electron chi connectivity index (χ3n) is 4.01. The summed E-state index contributed by atoms with van der Waals surface area (Å²) in [4.78, 5) is 13.2. The SMILES string of the molecule is CC(C)n1cc(CN2CCCCC2CCC(=O)O)cn1. The number of likely N-dealkylation sites (tertiary alicyclic amines) is 1. The van der Waals surface area contributed by atoms with Crippen LogP contribution in [0.25, 0.3) is 0 Å². The summed E-state index contributed by atoms with van der Waals surface area (Å²) in [7, 11) is 0. The van der Waals surface area contributed by atoms with Crippen LogP contribution in [0.5, 0.6) is 0 Å². The van der Waals surface area contributed by atoms with Gasteiger partial charge in [-0.15, -0.1) is 0 Å². The molecule has 0 bridgehead atoms. The number of hydrogen-bond donors (Lipinski definition) is 1. The molecule has 5 heteroatoms. The molecule has 5 nitrogen and oxygen atoms in total. The summed E-state index contributed by atoms with van der Waals surface area (Å²) in [5, 5.41) is 13.2. The van der Waals surface area contributed by atoms with E-state index in [0.717, 1.165) is 25.9 Å². The van der Waals surface area contributed by atoms with E-state index in [0.29, 0.717) is 12.1 Å². The Balaban J connectivity index is 1.95. The monoisotopic (exact) mass is 279 g/mol. The molecule has 20 heavy (non-hydrogen) atoms. The largest absolute Gasteiger partial charge is 0.481 e. The second-order valence-corrected chi connectivity index (χ2v) is 5.97. The summed E-state index contributed by atoms with van der Waals surface area (Å²) in [5.74, 6) is -0.692. The van der Waals surface area contributed by atoms with Crippen molar-refractivity contribution in [3.8, 4) is 0 Å². The van der Waals surface area contributed by atoms with Crippen LogP contribution in [0.2, 0.25) is 0 Å². The fourth-order valence-corrected chi connectivity index (χ4v) is 2.86. The van der Waals surface area contributed by atoms with E-state index in [9.17, 15) is 4.79 Å². The van der Waals surface area contributed by atoms with E-state index in [1.165, 1.54) is 18.4 Å².